The minimum Gasteiger partial charge on any atom is -0.393 e. The van der Waals surface area contributed by atoms with Crippen LogP contribution in [0.4, 0.5) is 0 Å². The number of nitrogens with two attached hydrogens (primary N) is 1. The van der Waals surface area contributed by atoms with E-state index in [1.807, 2.05) is 0 Å². The van der Waals surface area contributed by atoms with Crippen molar-refractivity contribution in [3.63, 3.8) is 0 Å². The third-order valence-corrected chi connectivity index (χ3v) is 3.91. The highest BCUT2D eigenvalue weighted by Crippen LogP contribution is 2.27. The molecular formula is C14H28N2S. The largest absolute Gasteiger partial charge is 0.393 e. The molecule has 0 aromatic heterocycles. The van der Waals surface area contributed by atoms with Crippen molar-refractivity contribution < 1.29 is 0 Å². The predicted octanol–water partition coefficient (Wildman–Crippen LogP) is 3.34. The molecule has 0 aliphatic heterocycles. The number of rotatable bonds is 7. The Balaban J connectivity index is 2.67. The zero-order chi connectivity index (χ0) is 12.8. The van der Waals surface area contributed by atoms with E-state index in [0.717, 1.165) is 24.8 Å². The molecule has 2 N–H and O–H groups in total. The van der Waals surface area contributed by atoms with Crippen LogP contribution in [0.15, 0.2) is 0 Å². The van der Waals surface area contributed by atoms with E-state index in [0.29, 0.717) is 11.0 Å². The third-order valence-electron chi connectivity index (χ3n) is 3.75. The molecule has 3 heteroatoms. The summed E-state index contributed by atoms with van der Waals surface area (Å²) in [5, 5.41) is 0. The van der Waals surface area contributed by atoms with Gasteiger partial charge in [0, 0.05) is 25.0 Å². The molecule has 0 saturated heterocycles. The Morgan fingerprint density at radius 2 is 1.94 bits per heavy atom. The summed E-state index contributed by atoms with van der Waals surface area (Å²) in [5.41, 5.74) is 5.74. The minimum atomic E-state index is 0.554. The number of thiocarbonyl (C=S) groups is 1. The van der Waals surface area contributed by atoms with Gasteiger partial charge in [-0.15, -0.1) is 0 Å². The van der Waals surface area contributed by atoms with E-state index >= 15 is 0 Å². The van der Waals surface area contributed by atoms with E-state index in [1.165, 1.54) is 32.2 Å². The highest BCUT2D eigenvalue weighted by Gasteiger charge is 2.28. The average molecular weight is 256 g/mol. The van der Waals surface area contributed by atoms with E-state index in [-0.39, 0.29) is 0 Å². The van der Waals surface area contributed by atoms with Crippen LogP contribution in [0.25, 0.3) is 0 Å². The SMILES string of the molecule is CCC(CC(N)=S)N(CC(C)C)C1CCCC1. The molecule has 0 radical (unpaired) electrons. The lowest BCUT2D eigenvalue weighted by atomic mass is 10.0. The molecule has 1 fully saturated rings. The van der Waals surface area contributed by atoms with Crippen LogP contribution in [0, 0.1) is 5.92 Å². The Morgan fingerprint density at radius 3 is 2.35 bits per heavy atom. The Kier molecular flexibility index (Phi) is 6.42. The Hall–Kier alpha value is -0.150. The van der Waals surface area contributed by atoms with E-state index < -0.39 is 0 Å². The zero-order valence-electron chi connectivity index (χ0n) is 11.6. The molecule has 1 saturated carbocycles. The summed E-state index contributed by atoms with van der Waals surface area (Å²) < 4.78 is 0. The van der Waals surface area contributed by atoms with Crippen molar-refractivity contribution in [1.82, 2.24) is 4.90 Å². The van der Waals surface area contributed by atoms with Gasteiger partial charge >= 0.3 is 0 Å². The van der Waals surface area contributed by atoms with Crippen LogP contribution in [-0.2, 0) is 0 Å². The van der Waals surface area contributed by atoms with Crippen molar-refractivity contribution in [2.24, 2.45) is 11.7 Å². The van der Waals surface area contributed by atoms with E-state index in [2.05, 4.69) is 25.7 Å². The molecule has 1 atom stereocenters. The van der Waals surface area contributed by atoms with E-state index in [4.69, 9.17) is 18.0 Å². The normalized spacial score (nSPS) is 19.1. The van der Waals surface area contributed by atoms with Gasteiger partial charge in [0.05, 0.1) is 4.99 Å². The molecule has 0 bridgehead atoms. The Labute approximate surface area is 112 Å². The summed E-state index contributed by atoms with van der Waals surface area (Å²) >= 11 is 5.10. The second-order valence-corrected chi connectivity index (χ2v) is 6.29. The molecular weight excluding hydrogens is 228 g/mol. The first-order valence-corrected chi connectivity index (χ1v) is 7.49. The summed E-state index contributed by atoms with van der Waals surface area (Å²) in [4.78, 5) is 3.36. The monoisotopic (exact) mass is 256 g/mol. The first kappa shape index (κ1) is 14.9. The van der Waals surface area contributed by atoms with Crippen molar-refractivity contribution in [3.05, 3.63) is 0 Å². The number of hydrogen-bond acceptors (Lipinski definition) is 2. The van der Waals surface area contributed by atoms with E-state index in [9.17, 15) is 0 Å². The smallest absolute Gasteiger partial charge is 0.0743 e. The van der Waals surface area contributed by atoms with Crippen molar-refractivity contribution in [1.29, 1.82) is 0 Å². The molecule has 1 aliphatic carbocycles. The van der Waals surface area contributed by atoms with Crippen molar-refractivity contribution >= 4 is 17.2 Å². The Morgan fingerprint density at radius 1 is 1.35 bits per heavy atom. The molecule has 1 aliphatic rings. The molecule has 1 unspecified atom stereocenters. The standard InChI is InChI=1S/C14H28N2S/c1-4-12(9-14(15)17)16(10-11(2)3)13-7-5-6-8-13/h11-13H,4-10H2,1-3H3,(H2,15,17). The van der Waals surface area contributed by atoms with Crippen LogP contribution in [0.3, 0.4) is 0 Å². The summed E-state index contributed by atoms with van der Waals surface area (Å²) in [7, 11) is 0. The molecule has 0 aromatic carbocycles. The number of hydrogen-bond donors (Lipinski definition) is 1. The van der Waals surface area contributed by atoms with Gasteiger partial charge in [0.15, 0.2) is 0 Å². The van der Waals surface area contributed by atoms with Gasteiger partial charge in [-0.3, -0.25) is 4.90 Å². The lowest BCUT2D eigenvalue weighted by molar-refractivity contribution is 0.118. The third kappa shape index (κ3) is 4.92. The van der Waals surface area contributed by atoms with Gasteiger partial charge < -0.3 is 5.73 Å². The van der Waals surface area contributed by atoms with Crippen LogP contribution in [0.1, 0.15) is 59.3 Å². The molecule has 0 spiro atoms. The van der Waals surface area contributed by atoms with Crippen LogP contribution < -0.4 is 5.73 Å². The van der Waals surface area contributed by atoms with Crippen molar-refractivity contribution in [2.75, 3.05) is 6.54 Å². The van der Waals surface area contributed by atoms with E-state index in [1.54, 1.807) is 0 Å². The van der Waals surface area contributed by atoms with Crippen LogP contribution in [0.5, 0.6) is 0 Å². The molecule has 0 amide bonds. The predicted molar refractivity (Wildman–Crippen MR) is 79.3 cm³/mol. The van der Waals surface area contributed by atoms with Crippen molar-refractivity contribution in [3.8, 4) is 0 Å². The summed E-state index contributed by atoms with van der Waals surface area (Å²) in [5.74, 6) is 0.719. The second kappa shape index (κ2) is 7.32. The van der Waals surface area contributed by atoms with Crippen LogP contribution >= 0.6 is 12.2 Å². The summed E-state index contributed by atoms with van der Waals surface area (Å²) in [6.45, 7) is 8.04. The number of nitrogens with zero attached hydrogens (tertiary/aromatic N) is 1. The highest BCUT2D eigenvalue weighted by molar-refractivity contribution is 7.80. The maximum absolute atomic E-state index is 5.74. The molecule has 0 aromatic rings. The molecule has 100 valence electrons. The topological polar surface area (TPSA) is 29.3 Å². The van der Waals surface area contributed by atoms with Gasteiger partial charge in [-0.2, -0.15) is 0 Å². The molecule has 1 rings (SSSR count). The van der Waals surface area contributed by atoms with Crippen LogP contribution in [0.2, 0.25) is 0 Å². The summed E-state index contributed by atoms with van der Waals surface area (Å²) in [6, 6.07) is 1.33. The van der Waals surface area contributed by atoms with Gasteiger partial charge in [0.2, 0.25) is 0 Å². The average Bonchev–Trinajstić information content (AvgIpc) is 2.75. The van der Waals surface area contributed by atoms with Gasteiger partial charge in [0.1, 0.15) is 0 Å². The minimum absolute atomic E-state index is 0.554. The van der Waals surface area contributed by atoms with Gasteiger partial charge in [-0.1, -0.05) is 45.8 Å². The maximum Gasteiger partial charge on any atom is 0.0743 e. The quantitative estimate of drug-likeness (QED) is 0.708. The maximum atomic E-state index is 5.74. The Bertz CT molecular complexity index is 234. The molecule has 0 heterocycles. The fourth-order valence-corrected chi connectivity index (χ4v) is 3.17. The van der Waals surface area contributed by atoms with Gasteiger partial charge in [-0.05, 0) is 25.2 Å². The zero-order valence-corrected chi connectivity index (χ0v) is 12.4. The first-order chi connectivity index (χ1) is 8.04. The fourth-order valence-electron chi connectivity index (χ4n) is 2.98. The second-order valence-electron chi connectivity index (χ2n) is 5.76. The lowest BCUT2D eigenvalue weighted by Crippen LogP contribution is -2.45. The summed E-state index contributed by atoms with van der Waals surface area (Å²) in [6.07, 6.45) is 7.54. The molecule has 2 nitrogen and oxygen atoms in total. The van der Waals surface area contributed by atoms with Gasteiger partial charge in [-0.25, -0.2) is 0 Å². The van der Waals surface area contributed by atoms with Crippen LogP contribution in [-0.4, -0.2) is 28.5 Å². The van der Waals surface area contributed by atoms with Crippen molar-refractivity contribution in [2.45, 2.75) is 71.4 Å². The highest BCUT2D eigenvalue weighted by atomic mass is 32.1. The lowest BCUT2D eigenvalue weighted by Gasteiger charge is -2.37. The fraction of sp³-hybridized carbons (Fsp3) is 0.929. The first-order valence-electron chi connectivity index (χ1n) is 7.08. The van der Waals surface area contributed by atoms with Gasteiger partial charge in [0.25, 0.3) is 0 Å². The molecule has 17 heavy (non-hydrogen) atoms.